The molecule has 0 saturated carbocycles. The zero-order valence-electron chi connectivity index (χ0n) is 15.5. The lowest BCUT2D eigenvalue weighted by molar-refractivity contribution is -0.137. The molecular formula is C19H17ClF4N2O2. The molecule has 0 aliphatic carbocycles. The number of nitroso groups, excluding NO2 is 1. The van der Waals surface area contributed by atoms with Crippen LogP contribution in [0.2, 0.25) is 5.02 Å². The Morgan fingerprint density at radius 1 is 1.14 bits per heavy atom. The fourth-order valence-corrected chi connectivity index (χ4v) is 2.87. The number of halogens is 5. The van der Waals surface area contributed by atoms with Crippen molar-refractivity contribution in [1.82, 2.24) is 0 Å². The van der Waals surface area contributed by atoms with Crippen LogP contribution < -0.4 is 5.32 Å². The van der Waals surface area contributed by atoms with Crippen LogP contribution in [0.4, 0.5) is 28.9 Å². The molecule has 2 aromatic carbocycles. The number of hydrogen-bond acceptors (Lipinski definition) is 3. The third-order valence-electron chi connectivity index (χ3n) is 4.16. The lowest BCUT2D eigenvalue weighted by Gasteiger charge is -2.23. The Balaban J connectivity index is 2.60. The standard InChI is InChI=1S/C19H17ClF4N2O2/c1-9-12(20)8-11(18(2,3)4)16(26-28)15(9)17(27)25-14-7-10(19(22,23)24)5-6-13(14)21/h5-8H,1-4H3,(H,25,27). The molecule has 150 valence electrons. The van der Waals surface area contributed by atoms with Gasteiger partial charge in [0.15, 0.2) is 0 Å². The largest absolute Gasteiger partial charge is 0.416 e. The number of carbonyl (C=O) groups excluding carboxylic acids is 1. The number of nitrogens with zero attached hydrogens (tertiary/aromatic N) is 1. The molecule has 0 spiro atoms. The lowest BCUT2D eigenvalue weighted by Crippen LogP contribution is -2.19. The minimum Gasteiger partial charge on any atom is -0.319 e. The number of hydrogen-bond donors (Lipinski definition) is 1. The third kappa shape index (κ3) is 4.32. The summed E-state index contributed by atoms with van der Waals surface area (Å²) >= 11 is 6.17. The SMILES string of the molecule is Cc1c(Cl)cc(C(C)(C)C)c(N=O)c1C(=O)Nc1cc(C(F)(F)F)ccc1F. The van der Waals surface area contributed by atoms with Crippen LogP contribution >= 0.6 is 11.6 Å². The van der Waals surface area contributed by atoms with Crippen LogP contribution in [-0.2, 0) is 11.6 Å². The molecule has 0 atom stereocenters. The summed E-state index contributed by atoms with van der Waals surface area (Å²) in [5.41, 5.74) is -2.23. The van der Waals surface area contributed by atoms with Crippen molar-refractivity contribution in [3.05, 3.63) is 62.3 Å². The van der Waals surface area contributed by atoms with Gasteiger partial charge in [-0.15, -0.1) is 4.91 Å². The summed E-state index contributed by atoms with van der Waals surface area (Å²) in [4.78, 5) is 24.2. The summed E-state index contributed by atoms with van der Waals surface area (Å²) in [6, 6.07) is 3.15. The van der Waals surface area contributed by atoms with Crippen molar-refractivity contribution < 1.29 is 22.4 Å². The van der Waals surface area contributed by atoms with Gasteiger partial charge in [-0.1, -0.05) is 32.4 Å². The summed E-state index contributed by atoms with van der Waals surface area (Å²) < 4.78 is 52.6. The van der Waals surface area contributed by atoms with E-state index in [1.165, 1.54) is 13.0 Å². The number of nitrogens with one attached hydrogen (secondary N) is 1. The van der Waals surface area contributed by atoms with E-state index in [1.807, 2.05) is 0 Å². The van der Waals surface area contributed by atoms with E-state index in [4.69, 9.17) is 11.6 Å². The molecule has 2 aromatic rings. The van der Waals surface area contributed by atoms with Gasteiger partial charge in [-0.25, -0.2) is 4.39 Å². The van der Waals surface area contributed by atoms with Crippen LogP contribution in [0.3, 0.4) is 0 Å². The van der Waals surface area contributed by atoms with Gasteiger partial charge in [0.25, 0.3) is 5.91 Å². The molecule has 0 radical (unpaired) electrons. The summed E-state index contributed by atoms with van der Waals surface area (Å²) in [7, 11) is 0. The van der Waals surface area contributed by atoms with Gasteiger partial charge in [0.1, 0.15) is 11.5 Å². The van der Waals surface area contributed by atoms with Crippen molar-refractivity contribution in [1.29, 1.82) is 0 Å². The van der Waals surface area contributed by atoms with Gasteiger partial charge in [0.05, 0.1) is 16.8 Å². The Hall–Kier alpha value is -2.48. The Bertz CT molecular complexity index is 950. The van der Waals surface area contributed by atoms with E-state index in [-0.39, 0.29) is 21.8 Å². The molecule has 2 rings (SSSR count). The number of anilines is 1. The molecule has 0 heterocycles. The van der Waals surface area contributed by atoms with Crippen LogP contribution in [0.1, 0.15) is 47.8 Å². The molecule has 28 heavy (non-hydrogen) atoms. The number of carbonyl (C=O) groups is 1. The second-order valence-corrected chi connectivity index (χ2v) is 7.65. The highest BCUT2D eigenvalue weighted by molar-refractivity contribution is 6.32. The first-order chi connectivity index (χ1) is 12.8. The monoisotopic (exact) mass is 416 g/mol. The van der Waals surface area contributed by atoms with Crippen molar-refractivity contribution in [2.45, 2.75) is 39.3 Å². The van der Waals surface area contributed by atoms with E-state index in [2.05, 4.69) is 10.5 Å². The quantitative estimate of drug-likeness (QED) is 0.444. The highest BCUT2D eigenvalue weighted by Crippen LogP contribution is 2.40. The minimum absolute atomic E-state index is 0.173. The maximum Gasteiger partial charge on any atom is 0.416 e. The molecule has 0 saturated heterocycles. The van der Waals surface area contributed by atoms with Crippen molar-refractivity contribution in [3.63, 3.8) is 0 Å². The van der Waals surface area contributed by atoms with E-state index in [0.29, 0.717) is 23.8 Å². The molecule has 9 heteroatoms. The molecular weight excluding hydrogens is 400 g/mol. The van der Waals surface area contributed by atoms with E-state index in [9.17, 15) is 27.3 Å². The molecule has 4 nitrogen and oxygen atoms in total. The molecule has 0 unspecified atom stereocenters. The number of amides is 1. The summed E-state index contributed by atoms with van der Waals surface area (Å²) in [5, 5.41) is 5.20. The third-order valence-corrected chi connectivity index (χ3v) is 4.56. The van der Waals surface area contributed by atoms with Gasteiger partial charge < -0.3 is 5.32 Å². The van der Waals surface area contributed by atoms with Crippen molar-refractivity contribution >= 4 is 28.9 Å². The van der Waals surface area contributed by atoms with Gasteiger partial charge in [0, 0.05) is 5.02 Å². The van der Waals surface area contributed by atoms with E-state index >= 15 is 0 Å². The summed E-state index contributed by atoms with van der Waals surface area (Å²) in [6.45, 7) is 6.78. The molecule has 0 aliphatic heterocycles. The fourth-order valence-electron chi connectivity index (χ4n) is 2.66. The molecule has 0 aliphatic rings. The minimum atomic E-state index is -4.71. The smallest absolute Gasteiger partial charge is 0.319 e. The lowest BCUT2D eigenvalue weighted by atomic mass is 9.83. The van der Waals surface area contributed by atoms with E-state index in [0.717, 1.165) is 0 Å². The van der Waals surface area contributed by atoms with Gasteiger partial charge in [-0.05, 0) is 52.9 Å². The Morgan fingerprint density at radius 3 is 2.25 bits per heavy atom. The predicted octanol–water partition coefficient (Wildman–Crippen LogP) is 6.75. The van der Waals surface area contributed by atoms with Gasteiger partial charge in [-0.2, -0.15) is 13.2 Å². The Labute approximate surface area is 163 Å². The van der Waals surface area contributed by atoms with Crippen LogP contribution in [0.25, 0.3) is 0 Å². The second kappa shape index (κ2) is 7.50. The van der Waals surface area contributed by atoms with Gasteiger partial charge in [-0.3, -0.25) is 4.79 Å². The van der Waals surface area contributed by atoms with E-state index < -0.39 is 34.6 Å². The van der Waals surface area contributed by atoms with Gasteiger partial charge in [0.2, 0.25) is 0 Å². The van der Waals surface area contributed by atoms with Crippen LogP contribution in [-0.4, -0.2) is 5.91 Å². The first-order valence-electron chi connectivity index (χ1n) is 8.12. The maximum absolute atomic E-state index is 14.0. The number of alkyl halides is 3. The Morgan fingerprint density at radius 2 is 1.75 bits per heavy atom. The molecule has 0 bridgehead atoms. The average molecular weight is 417 g/mol. The average Bonchev–Trinajstić information content (AvgIpc) is 2.56. The number of benzene rings is 2. The highest BCUT2D eigenvalue weighted by atomic mass is 35.5. The van der Waals surface area contributed by atoms with Crippen LogP contribution in [0.15, 0.2) is 29.4 Å². The molecule has 0 aromatic heterocycles. The van der Waals surface area contributed by atoms with Crippen molar-refractivity contribution in [3.8, 4) is 0 Å². The van der Waals surface area contributed by atoms with Crippen molar-refractivity contribution in [2.24, 2.45) is 5.18 Å². The maximum atomic E-state index is 14.0. The molecule has 1 amide bonds. The highest BCUT2D eigenvalue weighted by Gasteiger charge is 2.32. The van der Waals surface area contributed by atoms with Crippen LogP contribution in [0.5, 0.6) is 0 Å². The second-order valence-electron chi connectivity index (χ2n) is 7.24. The first-order valence-corrected chi connectivity index (χ1v) is 8.50. The normalized spacial score (nSPS) is 12.0. The first kappa shape index (κ1) is 21.8. The molecule has 0 fully saturated rings. The fraction of sp³-hybridized carbons (Fsp3) is 0.316. The topological polar surface area (TPSA) is 58.5 Å². The summed E-state index contributed by atoms with van der Waals surface area (Å²) in [6.07, 6.45) is -4.71. The predicted molar refractivity (Wildman–Crippen MR) is 99.7 cm³/mol. The summed E-state index contributed by atoms with van der Waals surface area (Å²) in [5.74, 6) is -2.05. The number of rotatable bonds is 3. The van der Waals surface area contributed by atoms with Crippen LogP contribution in [0, 0.1) is 17.6 Å². The molecule has 1 N–H and O–H groups in total. The van der Waals surface area contributed by atoms with E-state index in [1.54, 1.807) is 20.8 Å². The zero-order valence-corrected chi connectivity index (χ0v) is 16.2. The van der Waals surface area contributed by atoms with Crippen molar-refractivity contribution in [2.75, 3.05) is 5.32 Å². The Kier molecular flexibility index (Phi) is 5.85. The van der Waals surface area contributed by atoms with Gasteiger partial charge >= 0.3 is 6.18 Å². The zero-order chi connectivity index (χ0) is 21.4.